The Hall–Kier alpha value is -14.7. The Labute approximate surface area is 706 Å². The molecular formula is C108H73BrN8S2. The van der Waals surface area contributed by atoms with Gasteiger partial charge in [0.15, 0.2) is 0 Å². The fraction of sp³-hybridized carbons (Fsp3) is 0. The van der Waals surface area contributed by atoms with Crippen molar-refractivity contribution in [1.29, 1.82) is 0 Å². The van der Waals surface area contributed by atoms with Crippen molar-refractivity contribution in [3.63, 3.8) is 0 Å². The van der Waals surface area contributed by atoms with Gasteiger partial charge in [-0.15, -0.1) is 0 Å². The molecule has 0 aliphatic carbocycles. The maximum absolute atomic E-state index is 4.98. The summed E-state index contributed by atoms with van der Waals surface area (Å²) in [5.41, 5.74) is 34.8. The highest BCUT2D eigenvalue weighted by Gasteiger charge is 2.23. The number of nitrogens with zero attached hydrogens (tertiary/aromatic N) is 7. The summed E-state index contributed by atoms with van der Waals surface area (Å²) in [6.07, 6.45) is 0. The SMILES string of the molecule is Brc1ccc(-c2ccc3c(c2)c2ccccc2n3-c2ccc(-c3ccccc3)cc2)c2nsnc12.c1ccc(-c2ccc(N(c3ccc(-c4ccccc4)cc3)c3ccc(-c4ccc5c(c4)c4ccccc4n5-c4ccc(-c5ccccc5)cc4)c4nsnc34)cc2)cc1.c1ccc(-c2ccc(Nc3ccc(-c4ccccc4)cc3)cc2)cc1. The van der Waals surface area contributed by atoms with E-state index in [1.807, 2.05) is 12.1 Å². The highest BCUT2D eigenvalue weighted by atomic mass is 79.9. The number of fused-ring (bicyclic) bond motifs is 8. The number of nitrogens with one attached hydrogen (secondary N) is 1. The number of hydrogen-bond acceptors (Lipinski definition) is 8. The molecule has 0 aliphatic rings. The van der Waals surface area contributed by atoms with Gasteiger partial charge in [0.2, 0.25) is 0 Å². The van der Waals surface area contributed by atoms with Gasteiger partial charge in [0.25, 0.3) is 0 Å². The van der Waals surface area contributed by atoms with Crippen LogP contribution >= 0.6 is 39.4 Å². The Balaban J connectivity index is 0.000000127. The highest BCUT2D eigenvalue weighted by molar-refractivity contribution is 9.10. The summed E-state index contributed by atoms with van der Waals surface area (Å²) in [5.74, 6) is 0. The Morgan fingerprint density at radius 2 is 0.504 bits per heavy atom. The summed E-state index contributed by atoms with van der Waals surface area (Å²) in [6, 6.07) is 155. The van der Waals surface area contributed by atoms with E-state index in [4.69, 9.17) is 8.75 Å². The zero-order chi connectivity index (χ0) is 79.4. The first kappa shape index (κ1) is 73.2. The smallest absolute Gasteiger partial charge is 0.129 e. The van der Waals surface area contributed by atoms with Crippen molar-refractivity contribution in [2.45, 2.75) is 0 Å². The summed E-state index contributed by atoms with van der Waals surface area (Å²) in [7, 11) is 0. The zero-order valence-corrected chi connectivity index (χ0v) is 67.6. The van der Waals surface area contributed by atoms with Gasteiger partial charge in [0.05, 0.1) is 51.2 Å². The molecule has 564 valence electrons. The fourth-order valence-electron chi connectivity index (χ4n) is 16.3. The number of aromatic nitrogens is 6. The van der Waals surface area contributed by atoms with E-state index in [2.05, 4.69) is 469 Å². The summed E-state index contributed by atoms with van der Waals surface area (Å²) < 4.78 is 24.7. The highest BCUT2D eigenvalue weighted by Crippen LogP contribution is 2.45. The van der Waals surface area contributed by atoms with Gasteiger partial charge in [-0.3, -0.25) is 0 Å². The largest absolute Gasteiger partial charge is 0.356 e. The molecule has 8 nitrogen and oxygen atoms in total. The average Bonchev–Trinajstić information content (AvgIpc) is 1.56. The lowest BCUT2D eigenvalue weighted by molar-refractivity contribution is 1.18. The van der Waals surface area contributed by atoms with Gasteiger partial charge in [-0.1, -0.05) is 309 Å². The summed E-state index contributed by atoms with van der Waals surface area (Å²) in [5, 5.41) is 8.34. The lowest BCUT2D eigenvalue weighted by Gasteiger charge is -2.26. The molecule has 0 saturated carbocycles. The fourth-order valence-corrected chi connectivity index (χ4v) is 17.9. The second kappa shape index (κ2) is 32.9. The van der Waals surface area contributed by atoms with Crippen molar-refractivity contribution in [3.05, 3.63) is 441 Å². The van der Waals surface area contributed by atoms with E-state index < -0.39 is 0 Å². The van der Waals surface area contributed by atoms with E-state index in [1.54, 1.807) is 0 Å². The van der Waals surface area contributed by atoms with Gasteiger partial charge < -0.3 is 19.4 Å². The lowest BCUT2D eigenvalue weighted by Crippen LogP contribution is -2.10. The minimum absolute atomic E-state index is 0.868. The van der Waals surface area contributed by atoms with Crippen LogP contribution in [0.3, 0.4) is 0 Å². The van der Waals surface area contributed by atoms with Crippen molar-refractivity contribution in [2.75, 3.05) is 10.2 Å². The van der Waals surface area contributed by atoms with Crippen LogP contribution in [0.1, 0.15) is 0 Å². The maximum atomic E-state index is 4.98. The molecule has 11 heteroatoms. The van der Waals surface area contributed by atoms with Crippen LogP contribution in [0.4, 0.5) is 28.4 Å². The molecular weight excluding hydrogens is 1550 g/mol. The summed E-state index contributed by atoms with van der Waals surface area (Å²) in [4.78, 5) is 2.30. The van der Waals surface area contributed by atoms with Crippen LogP contribution in [0, 0.1) is 0 Å². The summed E-state index contributed by atoms with van der Waals surface area (Å²) in [6.45, 7) is 0. The lowest BCUT2D eigenvalue weighted by atomic mass is 9.99. The topological polar surface area (TPSA) is 76.7 Å². The molecule has 4 aromatic heterocycles. The Morgan fingerprint density at radius 1 is 0.227 bits per heavy atom. The first-order valence-corrected chi connectivity index (χ1v) is 41.9. The molecule has 0 unspecified atom stereocenters. The van der Waals surface area contributed by atoms with E-state index >= 15 is 0 Å². The first-order valence-electron chi connectivity index (χ1n) is 39.7. The van der Waals surface area contributed by atoms with Crippen molar-refractivity contribution in [2.24, 2.45) is 0 Å². The van der Waals surface area contributed by atoms with Crippen molar-refractivity contribution < 1.29 is 0 Å². The molecule has 0 aliphatic heterocycles. The van der Waals surface area contributed by atoms with Crippen LogP contribution in [0.15, 0.2) is 441 Å². The van der Waals surface area contributed by atoms with Crippen LogP contribution in [0.25, 0.3) is 166 Å². The number of benzene rings is 18. The molecule has 22 aromatic rings. The van der Waals surface area contributed by atoms with Crippen LogP contribution < -0.4 is 10.2 Å². The van der Waals surface area contributed by atoms with Crippen molar-refractivity contribution in [1.82, 2.24) is 26.6 Å². The molecule has 22 rings (SSSR count). The van der Waals surface area contributed by atoms with Gasteiger partial charge >= 0.3 is 0 Å². The second-order valence-electron chi connectivity index (χ2n) is 29.3. The van der Waals surface area contributed by atoms with Crippen LogP contribution in [-0.2, 0) is 0 Å². The molecule has 119 heavy (non-hydrogen) atoms. The normalized spacial score (nSPS) is 11.2. The Morgan fingerprint density at radius 3 is 0.874 bits per heavy atom. The number of halogens is 1. The van der Waals surface area contributed by atoms with Gasteiger partial charge in [-0.25, -0.2) is 0 Å². The van der Waals surface area contributed by atoms with Crippen LogP contribution in [0.2, 0.25) is 0 Å². The average molecular weight is 1630 g/mol. The molecule has 0 atom stereocenters. The monoisotopic (exact) mass is 1620 g/mol. The predicted octanol–water partition coefficient (Wildman–Crippen LogP) is 30.6. The van der Waals surface area contributed by atoms with Crippen molar-refractivity contribution >= 4 is 134 Å². The molecule has 0 spiro atoms. The quantitative estimate of drug-likeness (QED) is 0.110. The third-order valence-electron chi connectivity index (χ3n) is 22.2. The van der Waals surface area contributed by atoms with E-state index in [-0.39, 0.29) is 0 Å². The minimum atomic E-state index is 0.868. The molecule has 0 radical (unpaired) electrons. The number of para-hydroxylation sites is 2. The Kier molecular flexibility index (Phi) is 20.2. The molecule has 1 N–H and O–H groups in total. The Bertz CT molecular complexity index is 7150. The van der Waals surface area contributed by atoms with E-state index in [1.165, 1.54) is 128 Å². The molecule has 0 fully saturated rings. The van der Waals surface area contributed by atoms with E-state index in [0.717, 1.165) is 94.1 Å². The van der Waals surface area contributed by atoms with Crippen LogP contribution in [0.5, 0.6) is 0 Å². The van der Waals surface area contributed by atoms with Gasteiger partial charge in [-0.05, 0) is 221 Å². The van der Waals surface area contributed by atoms with Crippen LogP contribution in [-0.4, -0.2) is 26.6 Å². The number of anilines is 5. The maximum Gasteiger partial charge on any atom is 0.129 e. The number of rotatable bonds is 15. The van der Waals surface area contributed by atoms with Crippen molar-refractivity contribution in [3.8, 4) is 100 Å². The molecule has 4 heterocycles. The van der Waals surface area contributed by atoms with Gasteiger partial charge in [-0.2, -0.15) is 17.5 Å². The van der Waals surface area contributed by atoms with Gasteiger partial charge in [0, 0.05) is 71.3 Å². The third-order valence-corrected chi connectivity index (χ3v) is 23.9. The van der Waals surface area contributed by atoms with E-state index in [9.17, 15) is 0 Å². The van der Waals surface area contributed by atoms with E-state index in [0.29, 0.717) is 0 Å². The molecule has 0 saturated heterocycles. The number of hydrogen-bond donors (Lipinski definition) is 1. The molecule has 0 bridgehead atoms. The molecule has 18 aromatic carbocycles. The standard InChI is InChI=1S/C54H36N4S.C30H18BrN3S.C24H19N/c1-4-12-37(13-5-1)40-20-27-44(28-21-40)57(45-29-22-41(23-30-45)38-14-6-2-7-15-38)52-35-33-47(53-54(52)56-59-55-53)43-26-34-51-49(36-43)48-18-10-11-19-50(48)58(51)46-31-24-42(25-32-46)39-16-8-3-9-17-39;31-26-16-15-23(29-30(26)33-35-32-29)21-12-17-28-25(18-21)24-8-4-5-9-27(24)34(28)22-13-10-20(11-14-22)19-6-2-1-3-7-19;1-3-7-19(8-4-1)21-11-15-23(16-12-21)25-24-17-13-22(14-18-24)20-9-5-2-6-10-20/h1-36H;1-18H;1-18,25H. The zero-order valence-electron chi connectivity index (χ0n) is 64.4. The minimum Gasteiger partial charge on any atom is -0.356 e. The molecule has 0 amide bonds. The summed E-state index contributed by atoms with van der Waals surface area (Å²) >= 11 is 6.11. The predicted molar refractivity (Wildman–Crippen MR) is 506 cm³/mol. The first-order chi connectivity index (χ1) is 58.9. The van der Waals surface area contributed by atoms with Gasteiger partial charge in [0.1, 0.15) is 22.1 Å². The second-order valence-corrected chi connectivity index (χ2v) is 31.2. The third kappa shape index (κ3) is 14.8.